The lowest BCUT2D eigenvalue weighted by molar-refractivity contribution is -0.385. The van der Waals surface area contributed by atoms with Crippen LogP contribution in [0.3, 0.4) is 0 Å². The van der Waals surface area contributed by atoms with E-state index in [2.05, 4.69) is 5.32 Å². The Morgan fingerprint density at radius 2 is 2.24 bits per heavy atom. The van der Waals surface area contributed by atoms with Crippen LogP contribution < -0.4 is 5.32 Å². The standard InChI is InChI=1S/C10H11FN2O4/c1-6(2-10(14)15)12-8-3-7(11)4-9(5-8)13(16)17/h3-6,12H,2H2,1H3,(H,14,15). The zero-order chi connectivity index (χ0) is 13.0. The lowest BCUT2D eigenvalue weighted by Gasteiger charge is -2.12. The van der Waals surface area contributed by atoms with E-state index in [1.165, 1.54) is 0 Å². The van der Waals surface area contributed by atoms with Crippen molar-refractivity contribution in [3.63, 3.8) is 0 Å². The third-order valence-electron chi connectivity index (χ3n) is 1.99. The normalized spacial score (nSPS) is 11.9. The molecule has 7 heteroatoms. The van der Waals surface area contributed by atoms with Gasteiger partial charge in [0.2, 0.25) is 0 Å². The van der Waals surface area contributed by atoms with E-state index in [0.717, 1.165) is 18.2 Å². The zero-order valence-electron chi connectivity index (χ0n) is 9.01. The molecule has 1 unspecified atom stereocenters. The largest absolute Gasteiger partial charge is 0.481 e. The van der Waals surface area contributed by atoms with Gasteiger partial charge in [0.15, 0.2) is 0 Å². The zero-order valence-corrected chi connectivity index (χ0v) is 9.01. The van der Waals surface area contributed by atoms with E-state index in [1.54, 1.807) is 6.92 Å². The number of nitro benzene ring substituents is 1. The van der Waals surface area contributed by atoms with Gasteiger partial charge in [-0.2, -0.15) is 0 Å². The van der Waals surface area contributed by atoms with Gasteiger partial charge in [-0.1, -0.05) is 0 Å². The van der Waals surface area contributed by atoms with Crippen molar-refractivity contribution in [2.24, 2.45) is 0 Å². The smallest absolute Gasteiger partial charge is 0.305 e. The van der Waals surface area contributed by atoms with Crippen LogP contribution in [-0.2, 0) is 4.79 Å². The molecule has 17 heavy (non-hydrogen) atoms. The second-order valence-electron chi connectivity index (χ2n) is 3.60. The summed E-state index contributed by atoms with van der Waals surface area (Å²) in [7, 11) is 0. The predicted octanol–water partition coefficient (Wildman–Crippen LogP) is 2.01. The van der Waals surface area contributed by atoms with E-state index >= 15 is 0 Å². The summed E-state index contributed by atoms with van der Waals surface area (Å²) in [6.07, 6.45) is -0.162. The lowest BCUT2D eigenvalue weighted by atomic mass is 10.2. The van der Waals surface area contributed by atoms with Gasteiger partial charge in [0.05, 0.1) is 17.4 Å². The molecular formula is C10H11FN2O4. The summed E-state index contributed by atoms with van der Waals surface area (Å²) in [6, 6.07) is 2.58. The molecule has 0 spiro atoms. The number of rotatable bonds is 5. The highest BCUT2D eigenvalue weighted by Crippen LogP contribution is 2.20. The highest BCUT2D eigenvalue weighted by Gasteiger charge is 2.12. The van der Waals surface area contributed by atoms with Crippen LogP contribution in [0.2, 0.25) is 0 Å². The summed E-state index contributed by atoms with van der Waals surface area (Å²) in [6.45, 7) is 1.59. The summed E-state index contributed by atoms with van der Waals surface area (Å²) >= 11 is 0. The quantitative estimate of drug-likeness (QED) is 0.608. The fourth-order valence-corrected chi connectivity index (χ4v) is 1.36. The molecule has 0 saturated heterocycles. The van der Waals surface area contributed by atoms with Gasteiger partial charge in [0.1, 0.15) is 5.82 Å². The Balaban J connectivity index is 2.84. The third kappa shape index (κ3) is 4.06. The van der Waals surface area contributed by atoms with Crippen LogP contribution >= 0.6 is 0 Å². The summed E-state index contributed by atoms with van der Waals surface area (Å²) in [5, 5.41) is 21.7. The summed E-state index contributed by atoms with van der Waals surface area (Å²) in [5.74, 6) is -1.75. The number of anilines is 1. The molecule has 0 aliphatic rings. The van der Waals surface area contributed by atoms with E-state index in [9.17, 15) is 19.3 Å². The molecule has 92 valence electrons. The molecule has 0 fully saturated rings. The van der Waals surface area contributed by atoms with Crippen molar-refractivity contribution in [2.75, 3.05) is 5.32 Å². The number of halogens is 1. The number of hydrogen-bond donors (Lipinski definition) is 2. The fourth-order valence-electron chi connectivity index (χ4n) is 1.36. The second-order valence-corrected chi connectivity index (χ2v) is 3.60. The Bertz CT molecular complexity index is 450. The average molecular weight is 242 g/mol. The number of hydrogen-bond acceptors (Lipinski definition) is 4. The number of nitrogens with one attached hydrogen (secondary N) is 1. The topological polar surface area (TPSA) is 92.5 Å². The minimum Gasteiger partial charge on any atom is -0.481 e. The van der Waals surface area contributed by atoms with Gasteiger partial charge < -0.3 is 10.4 Å². The van der Waals surface area contributed by atoms with Crippen molar-refractivity contribution in [1.82, 2.24) is 0 Å². The number of carboxylic acids is 1. The molecule has 0 heterocycles. The molecule has 0 amide bonds. The molecule has 0 aromatic heterocycles. The monoisotopic (exact) mass is 242 g/mol. The second kappa shape index (κ2) is 5.24. The van der Waals surface area contributed by atoms with Crippen molar-refractivity contribution in [2.45, 2.75) is 19.4 Å². The molecule has 0 radical (unpaired) electrons. The molecule has 0 bridgehead atoms. The number of non-ortho nitro benzene ring substituents is 1. The van der Waals surface area contributed by atoms with Crippen LogP contribution in [0.25, 0.3) is 0 Å². The van der Waals surface area contributed by atoms with E-state index in [4.69, 9.17) is 5.11 Å². The van der Waals surface area contributed by atoms with Crippen molar-refractivity contribution in [3.8, 4) is 0 Å². The molecule has 0 aliphatic heterocycles. The van der Waals surface area contributed by atoms with Crippen LogP contribution in [0.4, 0.5) is 15.8 Å². The van der Waals surface area contributed by atoms with E-state index in [0.29, 0.717) is 0 Å². The average Bonchev–Trinajstić information content (AvgIpc) is 2.14. The van der Waals surface area contributed by atoms with E-state index in [-0.39, 0.29) is 17.8 Å². The number of carboxylic acid groups (broad SMARTS) is 1. The van der Waals surface area contributed by atoms with E-state index < -0.39 is 22.8 Å². The molecule has 6 nitrogen and oxygen atoms in total. The van der Waals surface area contributed by atoms with Crippen molar-refractivity contribution < 1.29 is 19.2 Å². The van der Waals surface area contributed by atoms with E-state index in [1.807, 2.05) is 0 Å². The van der Waals surface area contributed by atoms with Crippen molar-refractivity contribution in [3.05, 3.63) is 34.1 Å². The fraction of sp³-hybridized carbons (Fsp3) is 0.300. The van der Waals surface area contributed by atoms with Crippen LogP contribution in [0, 0.1) is 15.9 Å². The SMILES string of the molecule is CC(CC(=O)O)Nc1cc(F)cc([N+](=O)[O-])c1. The number of carbonyl (C=O) groups is 1. The van der Waals surface area contributed by atoms with Gasteiger partial charge in [-0.25, -0.2) is 4.39 Å². The van der Waals surface area contributed by atoms with Gasteiger partial charge in [0, 0.05) is 17.8 Å². The van der Waals surface area contributed by atoms with Gasteiger partial charge in [-0.15, -0.1) is 0 Å². The van der Waals surface area contributed by atoms with Gasteiger partial charge in [-0.3, -0.25) is 14.9 Å². The van der Waals surface area contributed by atoms with Crippen LogP contribution in [-0.4, -0.2) is 22.0 Å². The summed E-state index contributed by atoms with van der Waals surface area (Å²) in [4.78, 5) is 20.2. The number of benzene rings is 1. The Kier molecular flexibility index (Phi) is 3.97. The first-order valence-electron chi connectivity index (χ1n) is 4.82. The van der Waals surface area contributed by atoms with Gasteiger partial charge in [0.25, 0.3) is 5.69 Å². The highest BCUT2D eigenvalue weighted by molar-refractivity contribution is 5.68. The maximum absolute atomic E-state index is 13.0. The molecule has 0 aliphatic carbocycles. The maximum atomic E-state index is 13.0. The molecule has 1 rings (SSSR count). The summed E-state index contributed by atoms with van der Waals surface area (Å²) < 4.78 is 13.0. The number of nitrogens with zero attached hydrogens (tertiary/aromatic N) is 1. The third-order valence-corrected chi connectivity index (χ3v) is 1.99. The minimum absolute atomic E-state index is 0.162. The number of nitro groups is 1. The van der Waals surface area contributed by atoms with Crippen LogP contribution in [0.1, 0.15) is 13.3 Å². The highest BCUT2D eigenvalue weighted by atomic mass is 19.1. The first-order chi connectivity index (χ1) is 7.88. The molecular weight excluding hydrogens is 231 g/mol. The van der Waals surface area contributed by atoms with Crippen molar-refractivity contribution >= 4 is 17.3 Å². The molecule has 1 atom stereocenters. The predicted molar refractivity (Wildman–Crippen MR) is 58.4 cm³/mol. The van der Waals surface area contributed by atoms with Crippen LogP contribution in [0.15, 0.2) is 18.2 Å². The van der Waals surface area contributed by atoms with Crippen LogP contribution in [0.5, 0.6) is 0 Å². The number of aliphatic carboxylic acids is 1. The van der Waals surface area contributed by atoms with Gasteiger partial charge in [-0.05, 0) is 13.0 Å². The lowest BCUT2D eigenvalue weighted by Crippen LogP contribution is -2.19. The molecule has 1 aromatic carbocycles. The molecule has 1 aromatic rings. The molecule has 2 N–H and O–H groups in total. The summed E-state index contributed by atoms with van der Waals surface area (Å²) in [5.41, 5.74) is -0.194. The Morgan fingerprint density at radius 3 is 2.76 bits per heavy atom. The van der Waals surface area contributed by atoms with Crippen molar-refractivity contribution in [1.29, 1.82) is 0 Å². The Labute approximate surface area is 96.2 Å². The minimum atomic E-state index is -1.00. The first-order valence-corrected chi connectivity index (χ1v) is 4.82. The first kappa shape index (κ1) is 12.9. The van der Waals surface area contributed by atoms with Gasteiger partial charge >= 0.3 is 5.97 Å². The Hall–Kier alpha value is -2.18. The maximum Gasteiger partial charge on any atom is 0.305 e. The Morgan fingerprint density at radius 1 is 1.59 bits per heavy atom. The molecule has 0 saturated carbocycles.